The largest absolute Gasteiger partial charge is 0.355 e. The molecule has 2 rings (SSSR count). The fourth-order valence-corrected chi connectivity index (χ4v) is 1.81. The first-order valence-electron chi connectivity index (χ1n) is 6.61. The number of nitrogens with one attached hydrogen (secondary N) is 1. The van der Waals surface area contributed by atoms with Gasteiger partial charge in [-0.05, 0) is 17.7 Å². The zero-order chi connectivity index (χ0) is 14.8. The Morgan fingerprint density at radius 2 is 1.90 bits per heavy atom. The van der Waals surface area contributed by atoms with Gasteiger partial charge in [-0.2, -0.15) is 5.10 Å². The quantitative estimate of drug-likeness (QED) is 0.929. The van der Waals surface area contributed by atoms with E-state index >= 15 is 0 Å². The fraction of sp³-hybridized carbons (Fsp3) is 0.400. The van der Waals surface area contributed by atoms with Crippen LogP contribution in [0.25, 0.3) is 0 Å². The molecule has 1 heterocycles. The summed E-state index contributed by atoms with van der Waals surface area (Å²) in [5.74, 6) is 0.756. The van der Waals surface area contributed by atoms with Crippen molar-refractivity contribution in [3.05, 3.63) is 47.5 Å². The Bertz CT molecular complexity index is 593. The van der Waals surface area contributed by atoms with Crippen molar-refractivity contribution in [2.45, 2.75) is 32.7 Å². The van der Waals surface area contributed by atoms with Gasteiger partial charge >= 0.3 is 0 Å². The predicted molar refractivity (Wildman–Crippen MR) is 77.7 cm³/mol. The average molecular weight is 272 g/mol. The molecule has 106 valence electrons. The molecule has 0 bridgehead atoms. The molecule has 0 radical (unpaired) electrons. The third-order valence-corrected chi connectivity index (χ3v) is 3.00. The Balaban J connectivity index is 2.10. The van der Waals surface area contributed by atoms with Gasteiger partial charge in [0.15, 0.2) is 5.82 Å². The van der Waals surface area contributed by atoms with Gasteiger partial charge in [0.05, 0.1) is 6.54 Å². The minimum Gasteiger partial charge on any atom is -0.355 e. The summed E-state index contributed by atoms with van der Waals surface area (Å²) in [5.41, 5.74) is 1.70. The van der Waals surface area contributed by atoms with E-state index in [0.29, 0.717) is 12.1 Å². The number of amides is 1. The minimum atomic E-state index is -0.0766. The smallest absolute Gasteiger partial charge is 0.251 e. The highest BCUT2D eigenvalue weighted by Crippen LogP contribution is 2.17. The molecule has 5 nitrogen and oxygen atoms in total. The first kappa shape index (κ1) is 14.2. The van der Waals surface area contributed by atoms with Crippen molar-refractivity contribution in [3.63, 3.8) is 0 Å². The molecule has 0 saturated heterocycles. The molecule has 5 heteroatoms. The Morgan fingerprint density at radius 1 is 1.25 bits per heavy atom. The SMILES string of the molecule is CNC(=O)c1ccc(Cn2cnc(C(C)(C)C)n2)cc1. The summed E-state index contributed by atoms with van der Waals surface area (Å²) in [6, 6.07) is 7.50. The van der Waals surface area contributed by atoms with Gasteiger partial charge in [-0.25, -0.2) is 9.67 Å². The van der Waals surface area contributed by atoms with E-state index in [4.69, 9.17) is 0 Å². The van der Waals surface area contributed by atoms with Crippen LogP contribution in [-0.4, -0.2) is 27.7 Å². The van der Waals surface area contributed by atoms with Crippen LogP contribution in [0, 0.1) is 0 Å². The molecule has 0 fully saturated rings. The molecule has 1 aromatic heterocycles. The van der Waals surface area contributed by atoms with E-state index in [1.807, 2.05) is 28.9 Å². The topological polar surface area (TPSA) is 59.8 Å². The number of benzene rings is 1. The van der Waals surface area contributed by atoms with E-state index in [1.165, 1.54) is 0 Å². The third-order valence-electron chi connectivity index (χ3n) is 3.00. The number of hydrogen-bond donors (Lipinski definition) is 1. The van der Waals surface area contributed by atoms with Crippen molar-refractivity contribution < 1.29 is 4.79 Å². The molecular formula is C15H20N4O. The van der Waals surface area contributed by atoms with Crippen molar-refractivity contribution >= 4 is 5.91 Å². The lowest BCUT2D eigenvalue weighted by atomic mass is 9.96. The van der Waals surface area contributed by atoms with Crippen LogP contribution in [0.1, 0.15) is 42.5 Å². The lowest BCUT2D eigenvalue weighted by Gasteiger charge is -2.12. The van der Waals surface area contributed by atoms with Gasteiger partial charge in [0, 0.05) is 18.0 Å². The van der Waals surface area contributed by atoms with Crippen LogP contribution >= 0.6 is 0 Å². The molecule has 1 amide bonds. The van der Waals surface area contributed by atoms with Gasteiger partial charge in [0.25, 0.3) is 5.91 Å². The van der Waals surface area contributed by atoms with E-state index in [-0.39, 0.29) is 11.3 Å². The van der Waals surface area contributed by atoms with Crippen LogP contribution in [0.2, 0.25) is 0 Å². The number of hydrogen-bond acceptors (Lipinski definition) is 3. The Labute approximate surface area is 119 Å². The summed E-state index contributed by atoms with van der Waals surface area (Å²) in [5, 5.41) is 7.08. The second-order valence-electron chi connectivity index (χ2n) is 5.79. The van der Waals surface area contributed by atoms with E-state index in [9.17, 15) is 4.79 Å². The lowest BCUT2D eigenvalue weighted by Crippen LogP contribution is -2.17. The van der Waals surface area contributed by atoms with Crippen LogP contribution in [-0.2, 0) is 12.0 Å². The van der Waals surface area contributed by atoms with Gasteiger partial charge in [-0.1, -0.05) is 32.9 Å². The van der Waals surface area contributed by atoms with Crippen LogP contribution in [0.3, 0.4) is 0 Å². The molecule has 0 atom stereocenters. The van der Waals surface area contributed by atoms with Gasteiger partial charge < -0.3 is 5.32 Å². The molecule has 0 aliphatic heterocycles. The van der Waals surface area contributed by atoms with Crippen molar-refractivity contribution in [1.82, 2.24) is 20.1 Å². The van der Waals surface area contributed by atoms with E-state index in [1.54, 1.807) is 13.4 Å². The van der Waals surface area contributed by atoms with Crippen LogP contribution in [0.5, 0.6) is 0 Å². The second kappa shape index (κ2) is 5.45. The van der Waals surface area contributed by atoms with Crippen molar-refractivity contribution in [2.75, 3.05) is 7.05 Å². The van der Waals surface area contributed by atoms with E-state index < -0.39 is 0 Å². The zero-order valence-electron chi connectivity index (χ0n) is 12.3. The molecule has 2 aromatic rings. The van der Waals surface area contributed by atoms with Crippen molar-refractivity contribution in [3.8, 4) is 0 Å². The molecule has 0 spiro atoms. The maximum Gasteiger partial charge on any atom is 0.251 e. The summed E-state index contributed by atoms with van der Waals surface area (Å²) >= 11 is 0. The van der Waals surface area contributed by atoms with E-state index in [0.717, 1.165) is 11.4 Å². The summed E-state index contributed by atoms with van der Waals surface area (Å²) in [6.45, 7) is 6.91. The minimum absolute atomic E-state index is 0.0473. The maximum absolute atomic E-state index is 11.5. The first-order valence-corrected chi connectivity index (χ1v) is 6.61. The Hall–Kier alpha value is -2.17. The third kappa shape index (κ3) is 3.23. The standard InChI is InChI=1S/C15H20N4O/c1-15(2,3)14-17-10-19(18-14)9-11-5-7-12(8-6-11)13(20)16-4/h5-8,10H,9H2,1-4H3,(H,16,20). The van der Waals surface area contributed by atoms with Crippen LogP contribution < -0.4 is 5.32 Å². The van der Waals surface area contributed by atoms with Crippen LogP contribution in [0.4, 0.5) is 0 Å². The number of nitrogens with zero attached hydrogens (tertiary/aromatic N) is 3. The fourth-order valence-electron chi connectivity index (χ4n) is 1.81. The number of carbonyl (C=O) groups is 1. The van der Waals surface area contributed by atoms with Crippen molar-refractivity contribution in [2.24, 2.45) is 0 Å². The molecule has 0 aliphatic rings. The predicted octanol–water partition coefficient (Wildman–Crippen LogP) is 1.98. The first-order chi connectivity index (χ1) is 9.40. The normalized spacial score (nSPS) is 11.4. The summed E-state index contributed by atoms with van der Waals surface area (Å²) in [6.07, 6.45) is 1.74. The molecule has 1 aromatic carbocycles. The molecule has 0 aliphatic carbocycles. The Kier molecular flexibility index (Phi) is 3.88. The molecule has 0 unspecified atom stereocenters. The summed E-state index contributed by atoms with van der Waals surface area (Å²) in [7, 11) is 1.62. The van der Waals surface area contributed by atoms with Gasteiger partial charge in [0.1, 0.15) is 6.33 Å². The summed E-state index contributed by atoms with van der Waals surface area (Å²) in [4.78, 5) is 15.8. The molecular weight excluding hydrogens is 252 g/mol. The molecule has 1 N–H and O–H groups in total. The monoisotopic (exact) mass is 272 g/mol. The highest BCUT2D eigenvalue weighted by molar-refractivity contribution is 5.93. The Morgan fingerprint density at radius 3 is 2.40 bits per heavy atom. The highest BCUT2D eigenvalue weighted by atomic mass is 16.1. The highest BCUT2D eigenvalue weighted by Gasteiger charge is 2.18. The summed E-state index contributed by atoms with van der Waals surface area (Å²) < 4.78 is 1.81. The average Bonchev–Trinajstić information content (AvgIpc) is 2.87. The second-order valence-corrected chi connectivity index (χ2v) is 5.79. The molecule has 20 heavy (non-hydrogen) atoms. The van der Waals surface area contributed by atoms with Gasteiger partial charge in [-0.3, -0.25) is 4.79 Å². The van der Waals surface area contributed by atoms with Gasteiger partial charge in [0.2, 0.25) is 0 Å². The number of carbonyl (C=O) groups excluding carboxylic acids is 1. The zero-order valence-corrected chi connectivity index (χ0v) is 12.3. The van der Waals surface area contributed by atoms with E-state index in [2.05, 4.69) is 36.2 Å². The lowest BCUT2D eigenvalue weighted by molar-refractivity contribution is 0.0963. The molecule has 0 saturated carbocycles. The number of rotatable bonds is 3. The number of aromatic nitrogens is 3. The van der Waals surface area contributed by atoms with Gasteiger partial charge in [-0.15, -0.1) is 0 Å². The maximum atomic E-state index is 11.5. The van der Waals surface area contributed by atoms with Crippen molar-refractivity contribution in [1.29, 1.82) is 0 Å². The van der Waals surface area contributed by atoms with Crippen LogP contribution in [0.15, 0.2) is 30.6 Å².